The van der Waals surface area contributed by atoms with Gasteiger partial charge in [0, 0.05) is 36.3 Å². The quantitative estimate of drug-likeness (QED) is 0.419. The average molecular weight is 454 g/mol. The number of aryl methyl sites for hydroxylation is 1. The van der Waals surface area contributed by atoms with Crippen LogP contribution in [0.5, 0.6) is 0 Å². The molecule has 1 amide bonds. The third kappa shape index (κ3) is 5.10. The van der Waals surface area contributed by atoms with E-state index in [2.05, 4.69) is 15.4 Å². The number of nitrogens with one attached hydrogen (secondary N) is 2. The lowest BCUT2D eigenvalue weighted by molar-refractivity contribution is -0.128. The molecule has 1 fully saturated rings. The fourth-order valence-corrected chi connectivity index (χ4v) is 3.83. The third-order valence-electron chi connectivity index (χ3n) is 5.94. The van der Waals surface area contributed by atoms with E-state index >= 15 is 0 Å². The van der Waals surface area contributed by atoms with Crippen molar-refractivity contribution in [2.45, 2.75) is 32.2 Å². The Morgan fingerprint density at radius 1 is 1.09 bits per heavy atom. The van der Waals surface area contributed by atoms with Crippen molar-refractivity contribution in [3.05, 3.63) is 77.9 Å². The zero-order valence-corrected chi connectivity index (χ0v) is 18.4. The smallest absolute Gasteiger partial charge is 0.223 e. The van der Waals surface area contributed by atoms with Gasteiger partial charge >= 0.3 is 0 Å². The fraction of sp³-hybridized carbons (Fsp3) is 0.280. The zero-order valence-electron chi connectivity index (χ0n) is 18.4. The first-order valence-corrected chi connectivity index (χ1v) is 10.8. The minimum atomic E-state index is -0.640. The standard InChI is InChI=1S/C14H8F3N.C11H17N3O/c15-10-3-1-8(2-4-10)13-6-9-5-11(16)7-12(17)14(9)18-13;1-8(10-6-7-12-14(10)2)13-11(15)9-4-3-5-9/h1-7,18H;6-9H,3-5H2,1-2H3,(H,13,15). The lowest BCUT2D eigenvalue weighted by Crippen LogP contribution is -2.36. The van der Waals surface area contributed by atoms with E-state index < -0.39 is 11.6 Å². The van der Waals surface area contributed by atoms with Gasteiger partial charge in [-0.3, -0.25) is 9.48 Å². The van der Waals surface area contributed by atoms with E-state index in [1.165, 1.54) is 24.6 Å². The number of aromatic nitrogens is 3. The summed E-state index contributed by atoms with van der Waals surface area (Å²) in [6, 6.07) is 11.5. The lowest BCUT2D eigenvalue weighted by atomic mass is 9.84. The maximum Gasteiger partial charge on any atom is 0.223 e. The number of hydrogen-bond acceptors (Lipinski definition) is 2. The molecule has 1 aliphatic carbocycles. The van der Waals surface area contributed by atoms with E-state index in [-0.39, 0.29) is 29.2 Å². The number of fused-ring (bicyclic) bond motifs is 1. The minimum absolute atomic E-state index is 0.0469. The maximum atomic E-state index is 13.5. The molecule has 0 aliphatic heterocycles. The lowest BCUT2D eigenvalue weighted by Gasteiger charge is -2.26. The fourth-order valence-electron chi connectivity index (χ4n) is 3.83. The van der Waals surface area contributed by atoms with Crippen LogP contribution in [0, 0.1) is 23.4 Å². The Labute approximate surface area is 189 Å². The maximum absolute atomic E-state index is 13.5. The second-order valence-electron chi connectivity index (χ2n) is 8.28. The molecule has 0 spiro atoms. The van der Waals surface area contributed by atoms with Crippen molar-refractivity contribution >= 4 is 16.8 Å². The molecule has 0 radical (unpaired) electrons. The van der Waals surface area contributed by atoms with Crippen LogP contribution >= 0.6 is 0 Å². The Hall–Kier alpha value is -3.55. The number of aromatic amines is 1. The van der Waals surface area contributed by atoms with Crippen molar-refractivity contribution in [3.8, 4) is 11.3 Å². The first-order chi connectivity index (χ1) is 15.8. The van der Waals surface area contributed by atoms with Crippen LogP contribution < -0.4 is 5.32 Å². The molecule has 5 nitrogen and oxygen atoms in total. The van der Waals surface area contributed by atoms with Crippen LogP contribution in [0.2, 0.25) is 0 Å². The van der Waals surface area contributed by atoms with Crippen molar-refractivity contribution < 1.29 is 18.0 Å². The molecule has 4 aromatic rings. The summed E-state index contributed by atoms with van der Waals surface area (Å²) in [6.45, 7) is 1.99. The Morgan fingerprint density at radius 3 is 2.42 bits per heavy atom. The van der Waals surface area contributed by atoms with Crippen LogP contribution in [0.25, 0.3) is 22.2 Å². The van der Waals surface area contributed by atoms with Crippen molar-refractivity contribution in [1.82, 2.24) is 20.1 Å². The number of rotatable bonds is 4. The SMILES string of the molecule is CC(NC(=O)C1CCC1)c1ccnn1C.Fc1ccc(-c2cc3cc(F)cc(F)c3[nH]2)cc1. The number of halogens is 3. The molecule has 1 aliphatic rings. The van der Waals surface area contributed by atoms with Gasteiger partial charge in [0.2, 0.25) is 5.91 Å². The molecule has 1 saturated carbocycles. The molecule has 8 heteroatoms. The van der Waals surface area contributed by atoms with Crippen LogP contribution in [0.4, 0.5) is 13.2 Å². The van der Waals surface area contributed by atoms with Gasteiger partial charge in [-0.1, -0.05) is 6.42 Å². The van der Waals surface area contributed by atoms with Gasteiger partial charge in [0.05, 0.1) is 17.3 Å². The normalized spacial score (nSPS) is 14.3. The van der Waals surface area contributed by atoms with E-state index in [0.717, 1.165) is 24.6 Å². The Kier molecular flexibility index (Phi) is 6.53. The molecule has 5 rings (SSSR count). The molecule has 2 aromatic heterocycles. The summed E-state index contributed by atoms with van der Waals surface area (Å²) in [6.07, 6.45) is 5.04. The molecular weight excluding hydrogens is 429 g/mol. The van der Waals surface area contributed by atoms with Gasteiger partial charge in [-0.15, -0.1) is 0 Å². The minimum Gasteiger partial charge on any atom is -0.352 e. The zero-order chi connectivity index (χ0) is 23.5. The van der Waals surface area contributed by atoms with Crippen molar-refractivity contribution in [2.24, 2.45) is 13.0 Å². The topological polar surface area (TPSA) is 62.7 Å². The predicted molar refractivity (Wildman–Crippen MR) is 121 cm³/mol. The predicted octanol–water partition coefficient (Wildman–Crippen LogP) is 5.65. The van der Waals surface area contributed by atoms with Crippen LogP contribution in [0.1, 0.15) is 37.9 Å². The number of H-pyrrole nitrogens is 1. The summed E-state index contributed by atoms with van der Waals surface area (Å²) in [7, 11) is 1.89. The monoisotopic (exact) mass is 454 g/mol. The van der Waals surface area contributed by atoms with E-state index in [0.29, 0.717) is 16.6 Å². The van der Waals surface area contributed by atoms with E-state index in [1.807, 2.05) is 20.0 Å². The summed E-state index contributed by atoms with van der Waals surface area (Å²) in [5.41, 5.74) is 2.63. The summed E-state index contributed by atoms with van der Waals surface area (Å²) in [5.74, 6) is -1.16. The highest BCUT2D eigenvalue weighted by molar-refractivity contribution is 5.86. The average Bonchev–Trinajstić information content (AvgIpc) is 3.34. The van der Waals surface area contributed by atoms with Crippen LogP contribution in [-0.2, 0) is 11.8 Å². The van der Waals surface area contributed by atoms with E-state index in [1.54, 1.807) is 29.1 Å². The molecule has 0 bridgehead atoms. The Balaban J connectivity index is 0.000000160. The Bertz CT molecular complexity index is 1260. The number of nitrogens with zero attached hydrogens (tertiary/aromatic N) is 2. The van der Waals surface area contributed by atoms with Crippen LogP contribution in [0.3, 0.4) is 0 Å². The number of carbonyl (C=O) groups is 1. The molecule has 1 atom stereocenters. The first kappa shape index (κ1) is 22.6. The molecule has 0 saturated heterocycles. The van der Waals surface area contributed by atoms with Gasteiger partial charge in [0.1, 0.15) is 17.5 Å². The molecule has 1 unspecified atom stereocenters. The van der Waals surface area contributed by atoms with Gasteiger partial charge in [-0.2, -0.15) is 5.10 Å². The number of hydrogen-bond donors (Lipinski definition) is 2. The van der Waals surface area contributed by atoms with Gasteiger partial charge in [0.15, 0.2) is 0 Å². The third-order valence-corrected chi connectivity index (χ3v) is 5.94. The van der Waals surface area contributed by atoms with Crippen LogP contribution in [-0.4, -0.2) is 20.7 Å². The molecule has 33 heavy (non-hydrogen) atoms. The van der Waals surface area contributed by atoms with Crippen molar-refractivity contribution in [2.75, 3.05) is 0 Å². The summed E-state index contributed by atoms with van der Waals surface area (Å²) in [5, 5.41) is 7.57. The van der Waals surface area contributed by atoms with Gasteiger partial charge < -0.3 is 10.3 Å². The first-order valence-electron chi connectivity index (χ1n) is 10.8. The second-order valence-corrected chi connectivity index (χ2v) is 8.28. The highest BCUT2D eigenvalue weighted by atomic mass is 19.1. The number of benzene rings is 2. The highest BCUT2D eigenvalue weighted by Gasteiger charge is 2.26. The van der Waals surface area contributed by atoms with E-state index in [4.69, 9.17) is 0 Å². The van der Waals surface area contributed by atoms with Gasteiger partial charge in [-0.25, -0.2) is 13.2 Å². The molecule has 2 heterocycles. The van der Waals surface area contributed by atoms with Crippen molar-refractivity contribution in [1.29, 1.82) is 0 Å². The second kappa shape index (κ2) is 9.52. The molecule has 172 valence electrons. The number of amides is 1. The van der Waals surface area contributed by atoms with Crippen LogP contribution in [0.15, 0.2) is 54.7 Å². The Morgan fingerprint density at radius 2 is 1.82 bits per heavy atom. The van der Waals surface area contributed by atoms with E-state index in [9.17, 15) is 18.0 Å². The van der Waals surface area contributed by atoms with Crippen molar-refractivity contribution in [3.63, 3.8) is 0 Å². The molecule has 2 N–H and O–H groups in total. The van der Waals surface area contributed by atoms with Gasteiger partial charge in [-0.05, 0) is 67.8 Å². The summed E-state index contributed by atoms with van der Waals surface area (Å²) in [4.78, 5) is 14.6. The molecular formula is C25H25F3N4O. The summed E-state index contributed by atoms with van der Waals surface area (Å²) < 4.78 is 41.2. The largest absolute Gasteiger partial charge is 0.352 e. The van der Waals surface area contributed by atoms with Gasteiger partial charge in [0.25, 0.3) is 0 Å². The highest BCUT2D eigenvalue weighted by Crippen LogP contribution is 2.28. The number of carbonyl (C=O) groups excluding carboxylic acids is 1. The molecule has 2 aromatic carbocycles. The summed E-state index contributed by atoms with van der Waals surface area (Å²) >= 11 is 0.